The van der Waals surface area contributed by atoms with E-state index in [-0.39, 0.29) is 4.75 Å². The van der Waals surface area contributed by atoms with Crippen molar-refractivity contribution in [2.75, 3.05) is 18.8 Å². The van der Waals surface area contributed by atoms with Crippen LogP contribution in [-0.2, 0) is 10.0 Å². The minimum Gasteiger partial charge on any atom is -0.212 e. The summed E-state index contributed by atoms with van der Waals surface area (Å²) in [6.45, 7) is 7.49. The highest BCUT2D eigenvalue weighted by molar-refractivity contribution is 7.89. The van der Waals surface area contributed by atoms with Crippen molar-refractivity contribution in [1.82, 2.24) is 4.31 Å². The van der Waals surface area contributed by atoms with E-state index >= 15 is 0 Å². The molecule has 0 aromatic carbocycles. The maximum atomic E-state index is 11.6. The van der Waals surface area contributed by atoms with Crippen LogP contribution in [0.25, 0.3) is 0 Å². The van der Waals surface area contributed by atoms with Gasteiger partial charge in [0.2, 0.25) is 10.0 Å². The fraction of sp³-hybridized carbons (Fsp3) is 1.00. The summed E-state index contributed by atoms with van der Waals surface area (Å²) in [6.07, 6.45) is 1.73. The van der Waals surface area contributed by atoms with E-state index in [9.17, 15) is 8.42 Å². The quantitative estimate of drug-likeness (QED) is 0.773. The lowest BCUT2D eigenvalue weighted by Gasteiger charge is -2.31. The Hall–Kier alpha value is 0.260. The van der Waals surface area contributed by atoms with Gasteiger partial charge in [-0.05, 0) is 12.3 Å². The van der Waals surface area contributed by atoms with Crippen molar-refractivity contribution in [3.63, 3.8) is 0 Å². The van der Waals surface area contributed by atoms with E-state index in [2.05, 4.69) is 19.6 Å². The van der Waals surface area contributed by atoms with E-state index in [0.29, 0.717) is 24.8 Å². The Labute approximate surface area is 98.7 Å². The zero-order valence-electron chi connectivity index (χ0n) is 9.73. The number of thiol groups is 1. The molecule has 0 radical (unpaired) electrons. The van der Waals surface area contributed by atoms with Crippen LogP contribution in [0.3, 0.4) is 0 Å². The predicted molar refractivity (Wildman–Crippen MR) is 66.8 cm³/mol. The van der Waals surface area contributed by atoms with Gasteiger partial charge in [0.1, 0.15) is 0 Å². The lowest BCUT2D eigenvalue weighted by atomic mass is 9.92. The Morgan fingerprint density at radius 1 is 1.47 bits per heavy atom. The minimum atomic E-state index is -2.95. The second-order valence-corrected chi connectivity index (χ2v) is 8.03. The van der Waals surface area contributed by atoms with Gasteiger partial charge >= 0.3 is 0 Å². The SMILES string of the molecule is CCC(CN1CCCS1(=O)=O)C(C)(C)S. The molecule has 15 heavy (non-hydrogen) atoms. The van der Waals surface area contributed by atoms with Crippen molar-refractivity contribution < 1.29 is 8.42 Å². The molecule has 0 aromatic rings. The molecule has 5 heteroatoms. The average Bonchev–Trinajstić information content (AvgIpc) is 2.39. The second-order valence-electron chi connectivity index (χ2n) is 4.79. The van der Waals surface area contributed by atoms with Crippen molar-refractivity contribution in [1.29, 1.82) is 0 Å². The molecular formula is C10H21NO2S2. The first-order valence-electron chi connectivity index (χ1n) is 5.47. The van der Waals surface area contributed by atoms with Crippen LogP contribution in [0.5, 0.6) is 0 Å². The van der Waals surface area contributed by atoms with Gasteiger partial charge in [0, 0.05) is 17.8 Å². The molecule has 0 spiro atoms. The molecule has 1 aliphatic rings. The van der Waals surface area contributed by atoms with Gasteiger partial charge in [-0.15, -0.1) is 0 Å². The van der Waals surface area contributed by atoms with Gasteiger partial charge in [0.25, 0.3) is 0 Å². The average molecular weight is 251 g/mol. The van der Waals surface area contributed by atoms with E-state index in [1.54, 1.807) is 4.31 Å². The molecule has 1 atom stereocenters. The van der Waals surface area contributed by atoms with Crippen molar-refractivity contribution in [3.05, 3.63) is 0 Å². The first-order valence-corrected chi connectivity index (χ1v) is 7.53. The monoisotopic (exact) mass is 251 g/mol. The summed E-state index contributed by atoms with van der Waals surface area (Å²) in [5.41, 5.74) is 0. The van der Waals surface area contributed by atoms with Gasteiger partial charge in [0.15, 0.2) is 0 Å². The summed E-state index contributed by atoms with van der Waals surface area (Å²) in [5.74, 6) is 0.630. The standard InChI is InChI=1S/C10H21NO2S2/c1-4-9(10(2,3)14)8-11-6-5-7-15(11,12)13/h9,14H,4-8H2,1-3H3. The Morgan fingerprint density at radius 3 is 2.40 bits per heavy atom. The van der Waals surface area contributed by atoms with E-state index in [1.165, 1.54) is 0 Å². The van der Waals surface area contributed by atoms with E-state index < -0.39 is 10.0 Å². The van der Waals surface area contributed by atoms with E-state index in [1.807, 2.05) is 13.8 Å². The van der Waals surface area contributed by atoms with Crippen LogP contribution in [0.2, 0.25) is 0 Å². The van der Waals surface area contributed by atoms with E-state index in [4.69, 9.17) is 0 Å². The van der Waals surface area contributed by atoms with Crippen molar-refractivity contribution >= 4 is 22.7 Å². The van der Waals surface area contributed by atoms with Gasteiger partial charge in [-0.25, -0.2) is 12.7 Å². The van der Waals surface area contributed by atoms with Crippen LogP contribution in [0.4, 0.5) is 0 Å². The molecular weight excluding hydrogens is 230 g/mol. The third-order valence-electron chi connectivity index (χ3n) is 3.12. The molecule has 1 fully saturated rings. The van der Waals surface area contributed by atoms with Crippen molar-refractivity contribution in [2.24, 2.45) is 5.92 Å². The molecule has 3 nitrogen and oxygen atoms in total. The zero-order valence-corrected chi connectivity index (χ0v) is 11.4. The number of hydrogen-bond donors (Lipinski definition) is 1. The molecule has 0 saturated carbocycles. The fourth-order valence-corrected chi connectivity index (χ4v) is 3.82. The molecule has 1 aliphatic heterocycles. The first-order chi connectivity index (χ1) is 6.77. The molecule has 0 amide bonds. The summed E-state index contributed by atoms with van der Waals surface area (Å²) in [4.78, 5) is 0. The molecule has 0 bridgehead atoms. The molecule has 1 rings (SSSR count). The molecule has 1 heterocycles. The highest BCUT2D eigenvalue weighted by Gasteiger charge is 2.33. The maximum absolute atomic E-state index is 11.6. The molecule has 0 N–H and O–H groups in total. The van der Waals surface area contributed by atoms with Crippen LogP contribution < -0.4 is 0 Å². The number of nitrogens with zero attached hydrogens (tertiary/aromatic N) is 1. The van der Waals surface area contributed by atoms with Crippen LogP contribution in [0.1, 0.15) is 33.6 Å². The van der Waals surface area contributed by atoms with Gasteiger partial charge in [0.05, 0.1) is 5.75 Å². The highest BCUT2D eigenvalue weighted by atomic mass is 32.2. The van der Waals surface area contributed by atoms with Crippen LogP contribution in [0.15, 0.2) is 0 Å². The van der Waals surface area contributed by atoms with E-state index in [0.717, 1.165) is 12.8 Å². The summed E-state index contributed by atoms with van der Waals surface area (Å²) in [6, 6.07) is 0. The molecule has 0 aromatic heterocycles. The lowest BCUT2D eigenvalue weighted by molar-refractivity contribution is 0.312. The topological polar surface area (TPSA) is 37.4 Å². The summed E-state index contributed by atoms with van der Waals surface area (Å²) in [7, 11) is -2.95. The lowest BCUT2D eigenvalue weighted by Crippen LogP contribution is -2.38. The first kappa shape index (κ1) is 13.3. The van der Waals surface area contributed by atoms with Crippen LogP contribution in [-0.4, -0.2) is 36.3 Å². The minimum absolute atomic E-state index is 0.118. The number of hydrogen-bond acceptors (Lipinski definition) is 3. The number of rotatable bonds is 4. The Kier molecular flexibility index (Phi) is 4.12. The van der Waals surface area contributed by atoms with Gasteiger partial charge < -0.3 is 0 Å². The molecule has 90 valence electrons. The summed E-state index contributed by atoms with van der Waals surface area (Å²) in [5, 5.41) is 0. The van der Waals surface area contributed by atoms with Gasteiger partial charge in [-0.1, -0.05) is 27.2 Å². The number of sulfonamides is 1. The van der Waals surface area contributed by atoms with Gasteiger partial charge in [-0.3, -0.25) is 0 Å². The molecule has 1 unspecified atom stereocenters. The summed E-state index contributed by atoms with van der Waals surface area (Å²) >= 11 is 4.54. The molecule has 0 aliphatic carbocycles. The third-order valence-corrected chi connectivity index (χ3v) is 5.41. The summed E-state index contributed by atoms with van der Waals surface area (Å²) < 4.78 is 24.8. The van der Waals surface area contributed by atoms with Crippen molar-refractivity contribution in [3.8, 4) is 0 Å². The van der Waals surface area contributed by atoms with Crippen molar-refractivity contribution in [2.45, 2.75) is 38.4 Å². The maximum Gasteiger partial charge on any atom is 0.214 e. The highest BCUT2D eigenvalue weighted by Crippen LogP contribution is 2.29. The van der Waals surface area contributed by atoms with Crippen LogP contribution >= 0.6 is 12.6 Å². The smallest absolute Gasteiger partial charge is 0.212 e. The Balaban J connectivity index is 2.68. The Morgan fingerprint density at radius 2 is 2.07 bits per heavy atom. The van der Waals surface area contributed by atoms with Gasteiger partial charge in [-0.2, -0.15) is 12.6 Å². The zero-order chi connectivity index (χ0) is 11.7. The Bertz CT molecular complexity index is 306. The fourth-order valence-electron chi connectivity index (χ4n) is 1.99. The third kappa shape index (κ3) is 3.36. The predicted octanol–water partition coefficient (Wildman–Crippen LogP) is 1.76. The normalized spacial score (nSPS) is 24.3. The molecule has 1 saturated heterocycles. The van der Waals surface area contributed by atoms with Crippen LogP contribution in [0, 0.1) is 5.92 Å². The largest absolute Gasteiger partial charge is 0.214 e. The second kappa shape index (κ2) is 4.63.